The first-order valence-corrected chi connectivity index (χ1v) is 7.40. The molecule has 0 saturated carbocycles. The van der Waals surface area contributed by atoms with Gasteiger partial charge >= 0.3 is 0 Å². The van der Waals surface area contributed by atoms with Gasteiger partial charge in [-0.3, -0.25) is 4.79 Å². The van der Waals surface area contributed by atoms with E-state index in [-0.39, 0.29) is 5.91 Å². The van der Waals surface area contributed by atoms with Gasteiger partial charge in [-0.15, -0.1) is 11.3 Å². The van der Waals surface area contributed by atoms with Crippen molar-refractivity contribution >= 4 is 45.8 Å². The summed E-state index contributed by atoms with van der Waals surface area (Å²) >= 11 is 5.95. The average molecular weight is 278 g/mol. The molecular weight excluding hydrogens is 264 g/mol. The third-order valence-corrected chi connectivity index (χ3v) is 4.70. The number of hydrogen-bond donors (Lipinski definition) is 1. The van der Waals surface area contributed by atoms with Gasteiger partial charge in [0.25, 0.3) is 0 Å². The molecule has 5 heteroatoms. The molecule has 94 valence electrons. The monoisotopic (exact) mass is 278 g/mol. The Kier molecular flexibility index (Phi) is 3.03. The Morgan fingerprint density at radius 1 is 1.56 bits per heavy atom. The maximum Gasteiger partial charge on any atom is 0.227 e. The molecule has 3 nitrogen and oxygen atoms in total. The summed E-state index contributed by atoms with van der Waals surface area (Å²) in [5.74, 6) is 1.35. The van der Waals surface area contributed by atoms with E-state index in [0.717, 1.165) is 33.2 Å². The van der Waals surface area contributed by atoms with Gasteiger partial charge in [-0.05, 0) is 36.8 Å². The Morgan fingerprint density at radius 2 is 2.39 bits per heavy atom. The number of thiol groups is 1. The number of rotatable bonds is 2. The average Bonchev–Trinajstić information content (AvgIpc) is 2.89. The first kappa shape index (κ1) is 12.0. The summed E-state index contributed by atoms with van der Waals surface area (Å²) in [5, 5.41) is 1.06. The molecule has 0 radical (unpaired) electrons. The standard InChI is InChI=1S/C13H14N2OS2/c1-8-14-11-3-2-10(5-12(11)18-8)15-6-9(7-17)4-13(15)16/h2-3,5,9,17H,4,6-7H2,1H3. The van der Waals surface area contributed by atoms with Crippen LogP contribution in [0, 0.1) is 12.8 Å². The fourth-order valence-electron chi connectivity index (χ4n) is 2.35. The molecule has 2 heterocycles. The normalized spacial score (nSPS) is 20.0. The summed E-state index contributed by atoms with van der Waals surface area (Å²) in [6, 6.07) is 6.05. The van der Waals surface area contributed by atoms with Crippen LogP contribution in [0.15, 0.2) is 18.2 Å². The summed E-state index contributed by atoms with van der Waals surface area (Å²) in [5.41, 5.74) is 2.00. The molecule has 1 aliphatic rings. The molecule has 1 amide bonds. The second-order valence-corrected chi connectivity index (χ2v) is 6.24. The topological polar surface area (TPSA) is 33.2 Å². The largest absolute Gasteiger partial charge is 0.312 e. The summed E-state index contributed by atoms with van der Waals surface area (Å²) in [4.78, 5) is 18.3. The Morgan fingerprint density at radius 3 is 3.11 bits per heavy atom. The van der Waals surface area contributed by atoms with Crippen LogP contribution >= 0.6 is 24.0 Å². The number of thiazole rings is 1. The van der Waals surface area contributed by atoms with Crippen LogP contribution in [0.3, 0.4) is 0 Å². The van der Waals surface area contributed by atoms with Gasteiger partial charge in [0.1, 0.15) is 0 Å². The van der Waals surface area contributed by atoms with Gasteiger partial charge in [0.2, 0.25) is 5.91 Å². The summed E-state index contributed by atoms with van der Waals surface area (Å²) in [6.07, 6.45) is 0.614. The quantitative estimate of drug-likeness (QED) is 0.857. The minimum absolute atomic E-state index is 0.203. The van der Waals surface area contributed by atoms with Crippen molar-refractivity contribution in [3.63, 3.8) is 0 Å². The zero-order valence-corrected chi connectivity index (χ0v) is 11.8. The number of carbonyl (C=O) groups is 1. The van der Waals surface area contributed by atoms with Crippen molar-refractivity contribution in [3.8, 4) is 0 Å². The fraction of sp³-hybridized carbons (Fsp3) is 0.385. The number of nitrogens with zero attached hydrogens (tertiary/aromatic N) is 2. The second-order valence-electron chi connectivity index (χ2n) is 4.64. The lowest BCUT2D eigenvalue weighted by atomic mass is 10.1. The van der Waals surface area contributed by atoms with E-state index in [4.69, 9.17) is 0 Å². The lowest BCUT2D eigenvalue weighted by Gasteiger charge is -2.16. The smallest absolute Gasteiger partial charge is 0.227 e. The Bertz CT molecular complexity index is 608. The van der Waals surface area contributed by atoms with Crippen molar-refractivity contribution in [3.05, 3.63) is 23.2 Å². The molecule has 1 fully saturated rings. The van der Waals surface area contributed by atoms with Crippen LogP contribution in [-0.4, -0.2) is 23.2 Å². The molecule has 1 aliphatic heterocycles. The lowest BCUT2D eigenvalue weighted by Crippen LogP contribution is -2.24. The number of benzene rings is 1. The van der Waals surface area contributed by atoms with Crippen LogP contribution in [0.4, 0.5) is 5.69 Å². The number of aromatic nitrogens is 1. The van der Waals surface area contributed by atoms with E-state index < -0.39 is 0 Å². The van der Waals surface area contributed by atoms with E-state index >= 15 is 0 Å². The summed E-state index contributed by atoms with van der Waals surface area (Å²) < 4.78 is 1.15. The predicted octanol–water partition coefficient (Wildman–Crippen LogP) is 2.89. The molecule has 0 spiro atoms. The van der Waals surface area contributed by atoms with E-state index in [1.54, 1.807) is 11.3 Å². The number of aryl methyl sites for hydroxylation is 1. The number of hydrogen-bond acceptors (Lipinski definition) is 4. The van der Waals surface area contributed by atoms with E-state index in [2.05, 4.69) is 23.7 Å². The first-order chi connectivity index (χ1) is 8.67. The highest BCUT2D eigenvalue weighted by molar-refractivity contribution is 7.80. The molecule has 3 rings (SSSR count). The number of amides is 1. The minimum Gasteiger partial charge on any atom is -0.312 e. The lowest BCUT2D eigenvalue weighted by molar-refractivity contribution is -0.117. The van der Waals surface area contributed by atoms with Crippen LogP contribution in [0.25, 0.3) is 10.2 Å². The molecule has 0 bridgehead atoms. The number of carbonyl (C=O) groups excluding carboxylic acids is 1. The summed E-state index contributed by atoms with van der Waals surface area (Å²) in [6.45, 7) is 2.79. The van der Waals surface area contributed by atoms with Crippen molar-refractivity contribution < 1.29 is 4.79 Å². The first-order valence-electron chi connectivity index (χ1n) is 5.96. The third kappa shape index (κ3) is 2.01. The van der Waals surface area contributed by atoms with Crippen LogP contribution in [-0.2, 0) is 4.79 Å². The summed E-state index contributed by atoms with van der Waals surface area (Å²) in [7, 11) is 0. The Labute approximate surface area is 115 Å². The van der Waals surface area contributed by atoms with E-state index in [0.29, 0.717) is 12.3 Å². The highest BCUT2D eigenvalue weighted by Crippen LogP contribution is 2.30. The second kappa shape index (κ2) is 4.55. The SMILES string of the molecule is Cc1nc2ccc(N3CC(CS)CC3=O)cc2s1. The molecule has 0 N–H and O–H groups in total. The maximum atomic E-state index is 12.0. The molecule has 1 unspecified atom stereocenters. The van der Waals surface area contributed by atoms with Gasteiger partial charge in [-0.25, -0.2) is 4.98 Å². The van der Waals surface area contributed by atoms with Crippen LogP contribution in [0.5, 0.6) is 0 Å². The Hall–Kier alpha value is -1.07. The molecule has 18 heavy (non-hydrogen) atoms. The van der Waals surface area contributed by atoms with E-state index in [1.165, 1.54) is 0 Å². The molecule has 1 aromatic heterocycles. The molecular formula is C13H14N2OS2. The van der Waals surface area contributed by atoms with Crippen molar-refractivity contribution in [1.29, 1.82) is 0 Å². The van der Waals surface area contributed by atoms with Gasteiger partial charge in [0.05, 0.1) is 15.2 Å². The predicted molar refractivity (Wildman–Crippen MR) is 78.7 cm³/mol. The molecule has 1 saturated heterocycles. The minimum atomic E-state index is 0.203. The molecule has 1 atom stereocenters. The zero-order valence-electron chi connectivity index (χ0n) is 10.1. The van der Waals surface area contributed by atoms with Crippen LogP contribution < -0.4 is 4.90 Å². The van der Waals surface area contributed by atoms with Crippen molar-refractivity contribution in [1.82, 2.24) is 4.98 Å². The highest BCUT2D eigenvalue weighted by Gasteiger charge is 2.29. The van der Waals surface area contributed by atoms with Gasteiger partial charge < -0.3 is 4.90 Å². The van der Waals surface area contributed by atoms with Gasteiger partial charge in [0, 0.05) is 18.7 Å². The maximum absolute atomic E-state index is 12.0. The van der Waals surface area contributed by atoms with Crippen LogP contribution in [0.2, 0.25) is 0 Å². The van der Waals surface area contributed by atoms with Crippen molar-refractivity contribution in [2.45, 2.75) is 13.3 Å². The molecule has 0 aliphatic carbocycles. The number of anilines is 1. The van der Waals surface area contributed by atoms with Gasteiger partial charge in [0.15, 0.2) is 0 Å². The van der Waals surface area contributed by atoms with Gasteiger partial charge in [-0.1, -0.05) is 0 Å². The third-order valence-electron chi connectivity index (χ3n) is 3.25. The molecule has 1 aromatic carbocycles. The Balaban J connectivity index is 1.96. The fourth-order valence-corrected chi connectivity index (χ4v) is 3.45. The highest BCUT2D eigenvalue weighted by atomic mass is 32.1. The molecule has 2 aromatic rings. The zero-order chi connectivity index (χ0) is 12.7. The van der Waals surface area contributed by atoms with Crippen molar-refractivity contribution in [2.24, 2.45) is 5.92 Å². The van der Waals surface area contributed by atoms with Gasteiger partial charge in [-0.2, -0.15) is 12.6 Å². The van der Waals surface area contributed by atoms with E-state index in [1.807, 2.05) is 24.0 Å². The van der Waals surface area contributed by atoms with Crippen molar-refractivity contribution in [2.75, 3.05) is 17.2 Å². The van der Waals surface area contributed by atoms with E-state index in [9.17, 15) is 4.79 Å². The van der Waals surface area contributed by atoms with Crippen LogP contribution in [0.1, 0.15) is 11.4 Å². The number of fused-ring (bicyclic) bond motifs is 1.